The van der Waals surface area contributed by atoms with Crippen LogP contribution in [-0.2, 0) is 32.7 Å². The van der Waals surface area contributed by atoms with Crippen LogP contribution in [-0.4, -0.2) is 16.1 Å². The summed E-state index contributed by atoms with van der Waals surface area (Å²) in [7, 11) is -1.86. The number of aryl methyl sites for hydroxylation is 4. The van der Waals surface area contributed by atoms with Gasteiger partial charge in [-0.15, -0.1) is 0 Å². The van der Waals surface area contributed by atoms with Crippen molar-refractivity contribution in [2.24, 2.45) is 5.92 Å². The summed E-state index contributed by atoms with van der Waals surface area (Å²) in [6.45, 7) is 25.4. The maximum absolute atomic E-state index is 11.3. The molecule has 0 radical (unpaired) electrons. The van der Waals surface area contributed by atoms with Crippen LogP contribution in [0.2, 0.25) is 0 Å². The Morgan fingerprint density at radius 1 is 0.518 bits per heavy atom. The van der Waals surface area contributed by atoms with Gasteiger partial charge < -0.3 is 13.9 Å². The maximum atomic E-state index is 11.3. The van der Waals surface area contributed by atoms with E-state index >= 15 is 0 Å². The average molecular weight is 793 g/mol. The highest BCUT2D eigenvalue weighted by molar-refractivity contribution is 7.40. The predicted octanol–water partition coefficient (Wildman–Crippen LogP) is 16.7. The van der Waals surface area contributed by atoms with Crippen molar-refractivity contribution in [2.75, 3.05) is 0 Å². The van der Waals surface area contributed by atoms with E-state index in [1.165, 1.54) is 125 Å². The highest BCUT2D eigenvalue weighted by atomic mass is 31.2. The molecule has 0 bridgehead atoms. The summed E-state index contributed by atoms with van der Waals surface area (Å²) in [5.74, 6) is 0.352. The van der Waals surface area contributed by atoms with Gasteiger partial charge in [-0.25, -0.2) is 0 Å². The summed E-state index contributed by atoms with van der Waals surface area (Å²) < 4.78 is 13.3. The Kier molecular flexibility index (Phi) is 21.2. The highest BCUT2D eigenvalue weighted by Crippen LogP contribution is 2.61. The van der Waals surface area contributed by atoms with Crippen LogP contribution >= 0.6 is 8.60 Å². The molecule has 0 saturated carbocycles. The van der Waals surface area contributed by atoms with Crippen LogP contribution in [0.5, 0.6) is 0 Å². The van der Waals surface area contributed by atoms with Gasteiger partial charge in [0.1, 0.15) is 0 Å². The molecule has 320 valence electrons. The molecule has 3 rings (SSSR count). The second kappa shape index (κ2) is 24.1. The lowest BCUT2D eigenvalue weighted by Gasteiger charge is -2.55. The molecule has 56 heavy (non-hydrogen) atoms. The monoisotopic (exact) mass is 793 g/mol. The number of rotatable bonds is 26. The quantitative estimate of drug-likeness (QED) is 0.0762. The van der Waals surface area contributed by atoms with Gasteiger partial charge in [0.15, 0.2) is 0 Å². The van der Waals surface area contributed by atoms with Gasteiger partial charge >= 0.3 is 8.60 Å². The molecule has 1 aliphatic heterocycles. The van der Waals surface area contributed by atoms with Gasteiger partial charge in [-0.2, -0.15) is 0 Å². The topological polar surface area (TPSA) is 38.7 Å². The lowest BCUT2D eigenvalue weighted by Crippen LogP contribution is -2.57. The summed E-state index contributed by atoms with van der Waals surface area (Å²) in [6, 6.07) is 14.1. The third-order valence-corrected chi connectivity index (χ3v) is 14.0. The van der Waals surface area contributed by atoms with Crippen molar-refractivity contribution in [3.8, 4) is 0 Å². The molecule has 1 aliphatic rings. The molecular formula is C52H89O3P. The molecule has 2 aromatic carbocycles. The normalized spacial score (nSPS) is 21.9. The van der Waals surface area contributed by atoms with Crippen LogP contribution in [0.3, 0.4) is 0 Å². The van der Waals surface area contributed by atoms with E-state index in [1.807, 2.05) is 0 Å². The third kappa shape index (κ3) is 15.4. The SMILES string of the molecule is CCCC1C(CCC)(CCCCCCCCCc2cc(C)ccc2C(C)(C)C)OP(O)OC1(CCC)CCCCCCCCCc1cc(C)ccc1C(C)(C)C. The minimum Gasteiger partial charge on any atom is -0.328 e. The second-order valence-corrected chi connectivity index (χ2v) is 21.0. The number of benzene rings is 2. The zero-order chi connectivity index (χ0) is 41.2. The number of unbranched alkanes of at least 4 members (excludes halogenated alkanes) is 12. The molecule has 4 heteroatoms. The number of hydrogen-bond donors (Lipinski definition) is 1. The minimum atomic E-state index is -1.86. The molecule has 0 aromatic heterocycles. The molecule has 1 fully saturated rings. The molecule has 1 heterocycles. The fourth-order valence-corrected chi connectivity index (χ4v) is 11.6. The first-order valence-electron chi connectivity index (χ1n) is 23.7. The molecule has 0 aliphatic carbocycles. The van der Waals surface area contributed by atoms with Crippen molar-refractivity contribution in [3.05, 3.63) is 69.8 Å². The van der Waals surface area contributed by atoms with Crippen LogP contribution in [0.15, 0.2) is 36.4 Å². The predicted molar refractivity (Wildman–Crippen MR) is 246 cm³/mol. The zero-order valence-corrected chi connectivity index (χ0v) is 39.6. The van der Waals surface area contributed by atoms with Crippen molar-refractivity contribution >= 4 is 8.60 Å². The van der Waals surface area contributed by atoms with Gasteiger partial charge in [-0.1, -0.05) is 206 Å². The molecule has 2 atom stereocenters. The molecule has 0 spiro atoms. The Labute approximate surface area is 349 Å². The van der Waals surface area contributed by atoms with E-state index in [4.69, 9.17) is 9.05 Å². The Morgan fingerprint density at radius 2 is 0.875 bits per heavy atom. The van der Waals surface area contributed by atoms with Gasteiger partial charge in [0.2, 0.25) is 0 Å². The fraction of sp³-hybridized carbons (Fsp3) is 0.769. The van der Waals surface area contributed by atoms with Crippen molar-refractivity contribution < 1.29 is 13.9 Å². The van der Waals surface area contributed by atoms with Crippen molar-refractivity contribution in [3.63, 3.8) is 0 Å². The van der Waals surface area contributed by atoms with Gasteiger partial charge in [0.05, 0.1) is 11.2 Å². The summed E-state index contributed by atoms with van der Waals surface area (Å²) in [5, 5.41) is 0. The van der Waals surface area contributed by atoms with E-state index in [0.717, 1.165) is 51.4 Å². The van der Waals surface area contributed by atoms with E-state index in [2.05, 4.69) is 113 Å². The van der Waals surface area contributed by atoms with Gasteiger partial charge in [0, 0.05) is 5.92 Å². The average Bonchev–Trinajstić information content (AvgIpc) is 3.11. The molecule has 1 N–H and O–H groups in total. The summed E-state index contributed by atoms with van der Waals surface area (Å²) in [5.41, 5.74) is 8.77. The van der Waals surface area contributed by atoms with Gasteiger partial charge in [0.25, 0.3) is 0 Å². The Balaban J connectivity index is 1.47. The lowest BCUT2D eigenvalue weighted by molar-refractivity contribution is -0.169. The standard InChI is InChI=1S/C52H89O3P/c1-12-29-48-51(36-13-2,38-27-23-19-15-17-21-25-30-44-40-42(4)32-34-46(44)49(6,7)8)54-56(53)55-52(48,37-14-3)39-28-24-20-16-18-22-26-31-45-41-43(5)33-35-47(45)50(9,10)11/h32-35,40-41,48,53H,12-31,36-39H2,1-11H3. The summed E-state index contributed by atoms with van der Waals surface area (Å²) in [6.07, 6.45) is 29.0. The minimum absolute atomic E-state index is 0.204. The molecular weight excluding hydrogens is 704 g/mol. The lowest BCUT2D eigenvalue weighted by atomic mass is 9.65. The van der Waals surface area contributed by atoms with E-state index in [-0.39, 0.29) is 22.0 Å². The Hall–Kier alpha value is -1.25. The van der Waals surface area contributed by atoms with Crippen LogP contribution in [0.4, 0.5) is 0 Å². The largest absolute Gasteiger partial charge is 0.330 e. The first-order valence-corrected chi connectivity index (χ1v) is 24.8. The molecule has 2 aromatic rings. The third-order valence-electron chi connectivity index (χ3n) is 12.9. The fourth-order valence-electron chi connectivity index (χ4n) is 10.3. The van der Waals surface area contributed by atoms with E-state index in [1.54, 1.807) is 11.1 Å². The van der Waals surface area contributed by atoms with E-state index < -0.39 is 8.60 Å². The van der Waals surface area contributed by atoms with E-state index in [9.17, 15) is 4.89 Å². The van der Waals surface area contributed by atoms with Crippen molar-refractivity contribution in [1.82, 2.24) is 0 Å². The van der Waals surface area contributed by atoms with Crippen LogP contribution < -0.4 is 0 Å². The highest BCUT2D eigenvalue weighted by Gasteiger charge is 2.57. The van der Waals surface area contributed by atoms with Crippen LogP contribution in [0.1, 0.15) is 237 Å². The molecule has 3 nitrogen and oxygen atoms in total. The van der Waals surface area contributed by atoms with Crippen molar-refractivity contribution in [2.45, 2.75) is 252 Å². The first kappa shape index (κ1) is 49.1. The van der Waals surface area contributed by atoms with Crippen LogP contribution in [0, 0.1) is 19.8 Å². The first-order chi connectivity index (χ1) is 26.6. The van der Waals surface area contributed by atoms with Crippen LogP contribution in [0.25, 0.3) is 0 Å². The van der Waals surface area contributed by atoms with E-state index in [0.29, 0.717) is 5.92 Å². The summed E-state index contributed by atoms with van der Waals surface area (Å²) in [4.78, 5) is 11.3. The van der Waals surface area contributed by atoms with Gasteiger partial charge in [-0.05, 0) is 105 Å². The molecule has 2 unspecified atom stereocenters. The molecule has 1 saturated heterocycles. The smallest absolute Gasteiger partial charge is 0.328 e. The molecule has 0 amide bonds. The Morgan fingerprint density at radius 3 is 1.21 bits per heavy atom. The van der Waals surface area contributed by atoms with Crippen molar-refractivity contribution in [1.29, 1.82) is 0 Å². The maximum Gasteiger partial charge on any atom is 0.330 e. The van der Waals surface area contributed by atoms with Gasteiger partial charge in [-0.3, -0.25) is 0 Å². The number of hydrogen-bond acceptors (Lipinski definition) is 3. The Bertz CT molecular complexity index is 1290. The zero-order valence-electron chi connectivity index (χ0n) is 38.7. The second-order valence-electron chi connectivity index (χ2n) is 20.2. The summed E-state index contributed by atoms with van der Waals surface area (Å²) >= 11 is 0.